The molecule has 1 aliphatic heterocycles. The summed E-state index contributed by atoms with van der Waals surface area (Å²) in [6, 6.07) is 2.39. The summed E-state index contributed by atoms with van der Waals surface area (Å²) >= 11 is 0. The van der Waals surface area contributed by atoms with Gasteiger partial charge >= 0.3 is 0 Å². The Labute approximate surface area is 214 Å². The molecule has 2 fully saturated rings. The average molecular weight is 530 g/mol. The fourth-order valence-corrected chi connectivity index (χ4v) is 5.42. The van der Waals surface area contributed by atoms with Crippen LogP contribution in [-0.2, 0) is 11.2 Å². The number of nitrogens with one attached hydrogen (secondary N) is 1. The standard InChI is InChI=1S/C27H31F6N3O.H2/c1-16(2)35-8-10-36(11-9-35)22-4-3-7-27(32,33)26(22)34-23(37)14-17-5-6-21(30)24(25(17)31)18-12-19(28)15-20(29)13-18;/h5-6,12-13,15-16,22,26H,3-4,7-11,14H2,1-2H3,(H,34,37);1H/t22-,26+;/m0./s1. The van der Waals surface area contributed by atoms with Gasteiger partial charge in [0.25, 0.3) is 5.92 Å². The van der Waals surface area contributed by atoms with Crippen LogP contribution >= 0.6 is 0 Å². The van der Waals surface area contributed by atoms with E-state index in [1.54, 1.807) is 0 Å². The first-order valence-corrected chi connectivity index (χ1v) is 12.5. The van der Waals surface area contributed by atoms with E-state index in [0.717, 1.165) is 37.4 Å². The smallest absolute Gasteiger partial charge is 0.269 e. The zero-order valence-electron chi connectivity index (χ0n) is 20.8. The third kappa shape index (κ3) is 6.12. The summed E-state index contributed by atoms with van der Waals surface area (Å²) in [7, 11) is 0. The normalized spacial score (nSPS) is 22.8. The number of hydrogen-bond donors (Lipinski definition) is 1. The number of alkyl halides is 2. The fraction of sp³-hybridized carbons (Fsp3) is 0.519. The third-order valence-electron chi connectivity index (χ3n) is 7.39. The highest BCUT2D eigenvalue weighted by Crippen LogP contribution is 2.37. The number of amides is 1. The molecule has 0 unspecified atom stereocenters. The molecule has 4 rings (SSSR count). The Morgan fingerprint density at radius 1 is 1.05 bits per heavy atom. The van der Waals surface area contributed by atoms with Gasteiger partial charge in [-0.15, -0.1) is 0 Å². The van der Waals surface area contributed by atoms with Gasteiger partial charge in [-0.1, -0.05) is 6.07 Å². The van der Waals surface area contributed by atoms with E-state index < -0.39 is 59.2 Å². The first-order chi connectivity index (χ1) is 17.5. The van der Waals surface area contributed by atoms with Gasteiger partial charge in [-0.2, -0.15) is 0 Å². The molecule has 1 heterocycles. The van der Waals surface area contributed by atoms with E-state index in [9.17, 15) is 18.0 Å². The summed E-state index contributed by atoms with van der Waals surface area (Å²) < 4.78 is 87.0. The minimum Gasteiger partial charge on any atom is -0.345 e. The van der Waals surface area contributed by atoms with Gasteiger partial charge in [0.1, 0.15) is 29.3 Å². The summed E-state index contributed by atoms with van der Waals surface area (Å²) in [5.41, 5.74) is -1.32. The zero-order chi connectivity index (χ0) is 26.9. The van der Waals surface area contributed by atoms with Gasteiger partial charge in [-0.25, -0.2) is 26.3 Å². The Bertz CT molecular complexity index is 1120. The van der Waals surface area contributed by atoms with Gasteiger partial charge in [-0.3, -0.25) is 14.6 Å². The number of carbonyl (C=O) groups is 1. The number of hydrogen-bond acceptors (Lipinski definition) is 3. The van der Waals surface area contributed by atoms with Crippen molar-refractivity contribution in [3.8, 4) is 11.1 Å². The summed E-state index contributed by atoms with van der Waals surface area (Å²) in [5, 5.41) is 2.43. The van der Waals surface area contributed by atoms with Crippen molar-refractivity contribution < 1.29 is 32.6 Å². The topological polar surface area (TPSA) is 35.6 Å². The molecule has 0 spiro atoms. The van der Waals surface area contributed by atoms with E-state index >= 15 is 13.2 Å². The van der Waals surface area contributed by atoms with E-state index in [0.29, 0.717) is 38.0 Å². The van der Waals surface area contributed by atoms with Gasteiger partial charge in [0.05, 0.1) is 12.0 Å². The van der Waals surface area contributed by atoms with Gasteiger partial charge < -0.3 is 5.32 Å². The van der Waals surface area contributed by atoms with Crippen molar-refractivity contribution in [3.63, 3.8) is 0 Å². The minimum atomic E-state index is -3.14. The highest BCUT2D eigenvalue weighted by Gasteiger charge is 2.49. The van der Waals surface area contributed by atoms with Crippen LogP contribution in [0.1, 0.15) is 40.1 Å². The van der Waals surface area contributed by atoms with E-state index in [-0.39, 0.29) is 19.0 Å². The predicted molar refractivity (Wildman–Crippen MR) is 130 cm³/mol. The number of piperazine rings is 1. The first kappa shape index (κ1) is 27.4. The molecule has 0 bridgehead atoms. The SMILES string of the molecule is CC(C)N1CCN([C@H]2CCCC(F)(F)[C@@H]2NC(=O)Cc2ccc(F)c(-c3cc(F)cc(F)c3)c2F)CC1.[HH]. The monoisotopic (exact) mass is 529 g/mol. The van der Waals surface area contributed by atoms with Crippen molar-refractivity contribution in [3.05, 3.63) is 59.2 Å². The molecule has 2 aromatic carbocycles. The quantitative estimate of drug-likeness (QED) is 0.510. The highest BCUT2D eigenvalue weighted by atomic mass is 19.3. The molecule has 1 amide bonds. The van der Waals surface area contributed by atoms with E-state index in [1.165, 1.54) is 0 Å². The molecule has 2 aromatic rings. The summed E-state index contributed by atoms with van der Waals surface area (Å²) in [6.07, 6.45) is -0.158. The second-order valence-electron chi connectivity index (χ2n) is 10.2. The Morgan fingerprint density at radius 3 is 2.32 bits per heavy atom. The molecule has 1 N–H and O–H groups in total. The van der Waals surface area contributed by atoms with E-state index in [2.05, 4.69) is 24.1 Å². The lowest BCUT2D eigenvalue weighted by Crippen LogP contribution is -2.64. The molecule has 4 nitrogen and oxygen atoms in total. The molecule has 0 aromatic heterocycles. The van der Waals surface area contributed by atoms with Crippen LogP contribution in [0.3, 0.4) is 0 Å². The van der Waals surface area contributed by atoms with Gasteiger partial charge in [-0.05, 0) is 56.0 Å². The van der Waals surface area contributed by atoms with Crippen LogP contribution in [0.5, 0.6) is 0 Å². The second-order valence-corrected chi connectivity index (χ2v) is 10.2. The van der Waals surface area contributed by atoms with Gasteiger partial charge in [0, 0.05) is 52.2 Å². The average Bonchev–Trinajstić information content (AvgIpc) is 2.81. The van der Waals surface area contributed by atoms with Crippen molar-refractivity contribution in [2.24, 2.45) is 0 Å². The van der Waals surface area contributed by atoms with Crippen LogP contribution in [-0.4, -0.2) is 65.9 Å². The molecular weight excluding hydrogens is 496 g/mol. The largest absolute Gasteiger partial charge is 0.345 e. The second kappa shape index (κ2) is 11.0. The maximum Gasteiger partial charge on any atom is 0.269 e. The van der Waals surface area contributed by atoms with Crippen LogP contribution in [0.4, 0.5) is 26.3 Å². The van der Waals surface area contributed by atoms with Crippen molar-refractivity contribution in [2.45, 2.75) is 63.6 Å². The molecule has 0 radical (unpaired) electrons. The van der Waals surface area contributed by atoms with Crippen molar-refractivity contribution >= 4 is 5.91 Å². The van der Waals surface area contributed by atoms with Crippen LogP contribution in [0.25, 0.3) is 11.1 Å². The number of nitrogens with zero attached hydrogens (tertiary/aromatic N) is 2. The van der Waals surface area contributed by atoms with Crippen LogP contribution in [0.15, 0.2) is 30.3 Å². The van der Waals surface area contributed by atoms with Gasteiger partial charge in [0.2, 0.25) is 5.91 Å². The number of benzene rings is 2. The fourth-order valence-electron chi connectivity index (χ4n) is 5.42. The molecular formula is C27H33F6N3O. The Kier molecular flexibility index (Phi) is 8.18. The Balaban J connectivity index is 0.00000400. The minimum absolute atomic E-state index is 0. The molecule has 1 aliphatic carbocycles. The molecule has 1 saturated heterocycles. The first-order valence-electron chi connectivity index (χ1n) is 12.5. The maximum absolute atomic E-state index is 15.2. The molecule has 1 saturated carbocycles. The zero-order valence-corrected chi connectivity index (χ0v) is 20.8. The third-order valence-corrected chi connectivity index (χ3v) is 7.39. The molecule has 2 aliphatic rings. The predicted octanol–water partition coefficient (Wildman–Crippen LogP) is 5.40. The number of halogens is 6. The summed E-state index contributed by atoms with van der Waals surface area (Å²) in [4.78, 5) is 17.1. The lowest BCUT2D eigenvalue weighted by atomic mass is 9.85. The highest BCUT2D eigenvalue weighted by molar-refractivity contribution is 5.80. The van der Waals surface area contributed by atoms with Crippen molar-refractivity contribution in [1.29, 1.82) is 0 Å². The Morgan fingerprint density at radius 2 is 1.70 bits per heavy atom. The lowest BCUT2D eigenvalue weighted by molar-refractivity contribution is -0.133. The molecule has 204 valence electrons. The van der Waals surface area contributed by atoms with Crippen LogP contribution in [0, 0.1) is 23.3 Å². The number of rotatable bonds is 6. The maximum atomic E-state index is 15.2. The molecule has 37 heavy (non-hydrogen) atoms. The van der Waals surface area contributed by atoms with Crippen molar-refractivity contribution in [1.82, 2.24) is 15.1 Å². The number of carbonyl (C=O) groups excluding carboxylic acids is 1. The van der Waals surface area contributed by atoms with E-state index in [1.807, 2.05) is 4.90 Å². The summed E-state index contributed by atoms with van der Waals surface area (Å²) in [5.74, 6) is -8.24. The van der Waals surface area contributed by atoms with Crippen LogP contribution in [0.2, 0.25) is 0 Å². The van der Waals surface area contributed by atoms with E-state index in [4.69, 9.17) is 0 Å². The summed E-state index contributed by atoms with van der Waals surface area (Å²) in [6.45, 7) is 6.85. The van der Waals surface area contributed by atoms with Crippen molar-refractivity contribution in [2.75, 3.05) is 26.2 Å². The molecule has 2 atom stereocenters. The van der Waals surface area contributed by atoms with Gasteiger partial charge in [0.15, 0.2) is 0 Å². The lowest BCUT2D eigenvalue weighted by Gasteiger charge is -2.47. The molecule has 10 heteroatoms. The Hall–Kier alpha value is -2.59. The van der Waals surface area contributed by atoms with Crippen LogP contribution < -0.4 is 5.32 Å².